The van der Waals surface area contributed by atoms with Crippen LogP contribution < -0.4 is 10.5 Å². The first-order chi connectivity index (χ1) is 9.43. The first kappa shape index (κ1) is 15.3. The van der Waals surface area contributed by atoms with Crippen molar-refractivity contribution in [2.75, 3.05) is 12.3 Å². The molecule has 0 aliphatic carbocycles. The number of benzene rings is 1. The van der Waals surface area contributed by atoms with E-state index in [-0.39, 0.29) is 10.8 Å². The van der Waals surface area contributed by atoms with Crippen molar-refractivity contribution in [1.82, 2.24) is 0 Å². The predicted octanol–water partition coefficient (Wildman–Crippen LogP) is -0.899. The highest BCUT2D eigenvalue weighted by Crippen LogP contribution is 2.30. The van der Waals surface area contributed by atoms with Gasteiger partial charge in [-0.15, -0.1) is 0 Å². The summed E-state index contributed by atoms with van der Waals surface area (Å²) in [5, 5.41) is 38.4. The standard InChI is InChI=1S/C12H16ClNO6/c13-6-3-5(14)1-2-7(6)19-12-11(18)10(17)9(16)8(4-15)20-12/h1-3,8-12,15-18H,4,14H2/t8-,9-,10+,11+,12+/m1/s1. The molecule has 112 valence electrons. The SMILES string of the molecule is Nc1ccc(O[C@H]2O[C@H](CO)[C@@H](O)[C@H](O)[C@@H]2O)c(Cl)c1. The summed E-state index contributed by atoms with van der Waals surface area (Å²) in [6.45, 7) is -0.528. The molecule has 5 atom stereocenters. The number of hydrogen-bond donors (Lipinski definition) is 5. The maximum absolute atomic E-state index is 9.82. The molecule has 20 heavy (non-hydrogen) atoms. The Bertz CT molecular complexity index is 471. The molecule has 1 aliphatic heterocycles. The van der Waals surface area contributed by atoms with Crippen LogP contribution in [-0.4, -0.2) is 57.7 Å². The highest BCUT2D eigenvalue weighted by molar-refractivity contribution is 6.32. The van der Waals surface area contributed by atoms with E-state index in [1.807, 2.05) is 0 Å². The monoisotopic (exact) mass is 305 g/mol. The van der Waals surface area contributed by atoms with E-state index in [1.54, 1.807) is 6.07 Å². The van der Waals surface area contributed by atoms with Crippen molar-refractivity contribution in [1.29, 1.82) is 0 Å². The van der Waals surface area contributed by atoms with Gasteiger partial charge in [-0.05, 0) is 18.2 Å². The summed E-state index contributed by atoms with van der Waals surface area (Å²) in [4.78, 5) is 0. The van der Waals surface area contributed by atoms with Crippen LogP contribution in [0.5, 0.6) is 5.75 Å². The molecule has 1 aromatic rings. The average molecular weight is 306 g/mol. The zero-order valence-electron chi connectivity index (χ0n) is 10.4. The lowest BCUT2D eigenvalue weighted by molar-refractivity contribution is -0.277. The van der Waals surface area contributed by atoms with Gasteiger partial charge in [-0.25, -0.2) is 0 Å². The molecular formula is C12H16ClNO6. The van der Waals surface area contributed by atoms with E-state index >= 15 is 0 Å². The zero-order valence-corrected chi connectivity index (χ0v) is 11.1. The number of ether oxygens (including phenoxy) is 2. The van der Waals surface area contributed by atoms with E-state index in [0.29, 0.717) is 5.69 Å². The molecule has 1 heterocycles. The highest BCUT2D eigenvalue weighted by Gasteiger charge is 2.44. The van der Waals surface area contributed by atoms with Crippen LogP contribution in [0.3, 0.4) is 0 Å². The molecule has 2 rings (SSSR count). The number of hydrogen-bond acceptors (Lipinski definition) is 7. The van der Waals surface area contributed by atoms with Crippen LogP contribution in [0.4, 0.5) is 5.69 Å². The lowest BCUT2D eigenvalue weighted by Crippen LogP contribution is -2.60. The van der Waals surface area contributed by atoms with Gasteiger partial charge in [-0.3, -0.25) is 0 Å². The average Bonchev–Trinajstić information content (AvgIpc) is 2.42. The van der Waals surface area contributed by atoms with E-state index in [1.165, 1.54) is 12.1 Å². The normalized spacial score (nSPS) is 34.0. The number of halogens is 1. The Morgan fingerprint density at radius 1 is 1.20 bits per heavy atom. The van der Waals surface area contributed by atoms with Crippen molar-refractivity contribution in [2.45, 2.75) is 30.7 Å². The largest absolute Gasteiger partial charge is 0.460 e. The Hall–Kier alpha value is -1.09. The molecule has 1 aliphatic rings. The van der Waals surface area contributed by atoms with Gasteiger partial charge in [0, 0.05) is 5.69 Å². The van der Waals surface area contributed by atoms with Crippen LogP contribution in [0.25, 0.3) is 0 Å². The number of anilines is 1. The van der Waals surface area contributed by atoms with Gasteiger partial charge in [0.2, 0.25) is 6.29 Å². The van der Waals surface area contributed by atoms with Crippen LogP contribution in [-0.2, 0) is 4.74 Å². The van der Waals surface area contributed by atoms with Gasteiger partial charge in [0.05, 0.1) is 11.6 Å². The van der Waals surface area contributed by atoms with Gasteiger partial charge in [0.1, 0.15) is 30.2 Å². The number of nitrogens with two attached hydrogens (primary N) is 1. The summed E-state index contributed by atoms with van der Waals surface area (Å²) in [5.74, 6) is 0.199. The molecule has 1 saturated heterocycles. The first-order valence-electron chi connectivity index (χ1n) is 5.96. The summed E-state index contributed by atoms with van der Waals surface area (Å²) in [6.07, 6.45) is -6.73. The van der Waals surface area contributed by atoms with Gasteiger partial charge in [0.25, 0.3) is 0 Å². The Morgan fingerprint density at radius 3 is 2.50 bits per heavy atom. The van der Waals surface area contributed by atoms with Crippen LogP contribution >= 0.6 is 11.6 Å². The van der Waals surface area contributed by atoms with Gasteiger partial charge in [-0.2, -0.15) is 0 Å². The fourth-order valence-electron chi connectivity index (χ4n) is 1.90. The Labute approximate surface area is 120 Å². The summed E-state index contributed by atoms with van der Waals surface area (Å²) >= 11 is 5.93. The number of rotatable bonds is 3. The summed E-state index contributed by atoms with van der Waals surface area (Å²) in [5.41, 5.74) is 5.99. The minimum Gasteiger partial charge on any atom is -0.460 e. The maximum atomic E-state index is 9.82. The summed E-state index contributed by atoms with van der Waals surface area (Å²) in [7, 11) is 0. The molecule has 8 heteroatoms. The second-order valence-corrected chi connectivity index (χ2v) is 4.91. The summed E-state index contributed by atoms with van der Waals surface area (Å²) < 4.78 is 10.6. The van der Waals surface area contributed by atoms with E-state index in [4.69, 9.17) is 31.9 Å². The van der Waals surface area contributed by atoms with Crippen molar-refractivity contribution in [3.8, 4) is 5.75 Å². The van der Waals surface area contributed by atoms with Crippen molar-refractivity contribution >= 4 is 17.3 Å². The number of nitrogen functional groups attached to an aromatic ring is 1. The molecule has 7 nitrogen and oxygen atoms in total. The van der Waals surface area contributed by atoms with E-state index in [0.717, 1.165) is 0 Å². The molecule has 0 radical (unpaired) electrons. The fraction of sp³-hybridized carbons (Fsp3) is 0.500. The second-order valence-electron chi connectivity index (χ2n) is 4.50. The molecule has 1 fully saturated rings. The quantitative estimate of drug-likeness (QED) is 0.458. The molecule has 0 unspecified atom stereocenters. The minimum atomic E-state index is -1.50. The lowest BCUT2D eigenvalue weighted by atomic mass is 9.99. The maximum Gasteiger partial charge on any atom is 0.229 e. The molecule has 6 N–H and O–H groups in total. The molecule has 0 spiro atoms. The molecule has 0 bridgehead atoms. The second kappa shape index (κ2) is 6.13. The van der Waals surface area contributed by atoms with E-state index < -0.39 is 37.3 Å². The molecule has 0 saturated carbocycles. The van der Waals surface area contributed by atoms with Crippen LogP contribution in [0.15, 0.2) is 18.2 Å². The lowest BCUT2D eigenvalue weighted by Gasteiger charge is -2.39. The van der Waals surface area contributed by atoms with Crippen molar-refractivity contribution in [3.05, 3.63) is 23.2 Å². The Balaban J connectivity index is 2.15. The predicted molar refractivity (Wildman–Crippen MR) is 70.3 cm³/mol. The van der Waals surface area contributed by atoms with Gasteiger partial charge >= 0.3 is 0 Å². The fourth-order valence-corrected chi connectivity index (χ4v) is 2.14. The number of aliphatic hydroxyl groups excluding tert-OH is 4. The third-order valence-electron chi connectivity index (χ3n) is 3.05. The molecular weight excluding hydrogens is 290 g/mol. The molecule has 1 aromatic carbocycles. The molecule has 0 amide bonds. The highest BCUT2D eigenvalue weighted by atomic mass is 35.5. The third-order valence-corrected chi connectivity index (χ3v) is 3.34. The third kappa shape index (κ3) is 2.98. The zero-order chi connectivity index (χ0) is 14.9. The van der Waals surface area contributed by atoms with Crippen molar-refractivity contribution < 1.29 is 29.9 Å². The first-order valence-corrected chi connectivity index (χ1v) is 6.34. The Kier molecular flexibility index (Phi) is 4.69. The van der Waals surface area contributed by atoms with E-state index in [2.05, 4.69) is 0 Å². The number of aliphatic hydroxyl groups is 4. The minimum absolute atomic E-state index is 0.199. The van der Waals surface area contributed by atoms with Crippen LogP contribution in [0.2, 0.25) is 5.02 Å². The summed E-state index contributed by atoms with van der Waals surface area (Å²) in [6, 6.07) is 4.49. The van der Waals surface area contributed by atoms with Crippen LogP contribution in [0.1, 0.15) is 0 Å². The van der Waals surface area contributed by atoms with Gasteiger partial charge in [-0.1, -0.05) is 11.6 Å². The van der Waals surface area contributed by atoms with Gasteiger partial charge in [0.15, 0.2) is 0 Å². The van der Waals surface area contributed by atoms with E-state index in [9.17, 15) is 15.3 Å². The van der Waals surface area contributed by atoms with Crippen molar-refractivity contribution in [2.24, 2.45) is 0 Å². The van der Waals surface area contributed by atoms with Crippen LogP contribution in [0, 0.1) is 0 Å². The van der Waals surface area contributed by atoms with Gasteiger partial charge < -0.3 is 35.6 Å². The topological polar surface area (TPSA) is 125 Å². The van der Waals surface area contributed by atoms with Crippen molar-refractivity contribution in [3.63, 3.8) is 0 Å². The molecule has 0 aromatic heterocycles. The Morgan fingerprint density at radius 2 is 1.90 bits per heavy atom. The smallest absolute Gasteiger partial charge is 0.229 e.